The van der Waals surface area contributed by atoms with Crippen molar-refractivity contribution in [2.45, 2.75) is 6.92 Å². The number of hydrogen-bond acceptors (Lipinski definition) is 3. The van der Waals surface area contributed by atoms with E-state index in [0.29, 0.717) is 5.57 Å². The lowest BCUT2D eigenvalue weighted by Gasteiger charge is -1.97. The minimum atomic E-state index is -0.366. The lowest BCUT2D eigenvalue weighted by molar-refractivity contribution is -0.137. The molecule has 0 rings (SSSR count). The van der Waals surface area contributed by atoms with Crippen molar-refractivity contribution in [2.75, 3.05) is 19.7 Å². The second-order valence-corrected chi connectivity index (χ2v) is 2.90. The second-order valence-electron chi connectivity index (χ2n) is 2.90. The van der Waals surface area contributed by atoms with Crippen molar-refractivity contribution in [3.05, 3.63) is 50.1 Å². The molecule has 0 atom stereocenters. The summed E-state index contributed by atoms with van der Waals surface area (Å²) < 4.78 is 4.60. The molecule has 0 aromatic rings. The summed E-state index contributed by atoms with van der Waals surface area (Å²) in [6.45, 7) is 17.4. The van der Waals surface area contributed by atoms with Gasteiger partial charge in [-0.15, -0.1) is 13.2 Å². The van der Waals surface area contributed by atoms with E-state index < -0.39 is 0 Å². The van der Waals surface area contributed by atoms with Crippen LogP contribution in [0, 0.1) is 0 Å². The van der Waals surface area contributed by atoms with Crippen LogP contribution in [0.3, 0.4) is 0 Å². The molecule has 0 radical (unpaired) electrons. The first-order chi connectivity index (χ1) is 7.59. The number of nitrogens with one attached hydrogen (secondary N) is 1. The molecule has 16 heavy (non-hydrogen) atoms. The molecule has 0 unspecified atom stereocenters. The predicted molar refractivity (Wildman–Crippen MR) is 69.2 cm³/mol. The van der Waals surface area contributed by atoms with Gasteiger partial charge in [0.2, 0.25) is 0 Å². The third-order valence-electron chi connectivity index (χ3n) is 1.26. The Bertz CT molecular complexity index is 236. The third-order valence-corrected chi connectivity index (χ3v) is 1.26. The van der Waals surface area contributed by atoms with Gasteiger partial charge in [-0.25, -0.2) is 4.79 Å². The van der Waals surface area contributed by atoms with E-state index in [9.17, 15) is 4.79 Å². The fourth-order valence-electron chi connectivity index (χ4n) is 0.545. The summed E-state index contributed by atoms with van der Waals surface area (Å²) in [5.41, 5.74) is 0.414. The van der Waals surface area contributed by atoms with Crippen LogP contribution in [0.4, 0.5) is 0 Å². The van der Waals surface area contributed by atoms with Gasteiger partial charge in [-0.1, -0.05) is 31.4 Å². The molecular formula is C13H21NO2. The molecule has 0 amide bonds. The number of carbonyl (C=O) groups is 1. The highest BCUT2D eigenvalue weighted by atomic mass is 16.5. The quantitative estimate of drug-likeness (QED) is 0.311. The molecule has 0 spiro atoms. The van der Waals surface area contributed by atoms with Crippen LogP contribution >= 0.6 is 0 Å². The molecule has 0 saturated carbocycles. The lowest BCUT2D eigenvalue weighted by atomic mass is 10.4. The van der Waals surface area contributed by atoms with Crippen LogP contribution in [0.25, 0.3) is 0 Å². The molecule has 0 aliphatic carbocycles. The van der Waals surface area contributed by atoms with Gasteiger partial charge >= 0.3 is 5.97 Å². The highest BCUT2D eigenvalue weighted by Crippen LogP contribution is 1.90. The number of rotatable bonds is 7. The average molecular weight is 223 g/mol. The molecule has 90 valence electrons. The monoisotopic (exact) mass is 223 g/mol. The molecule has 1 N–H and O–H groups in total. The van der Waals surface area contributed by atoms with E-state index in [4.69, 9.17) is 0 Å². The normalized spacial score (nSPS) is 8.06. The van der Waals surface area contributed by atoms with Gasteiger partial charge in [-0.2, -0.15) is 0 Å². The predicted octanol–water partition coefficient (Wildman–Crippen LogP) is 2.24. The third kappa shape index (κ3) is 14.9. The maximum absolute atomic E-state index is 10.5. The lowest BCUT2D eigenvalue weighted by Crippen LogP contribution is -2.11. The van der Waals surface area contributed by atoms with Crippen LogP contribution in [0.2, 0.25) is 0 Å². The average Bonchev–Trinajstić information content (AvgIpc) is 2.27. The van der Waals surface area contributed by atoms with Crippen LogP contribution in [0.5, 0.6) is 0 Å². The van der Waals surface area contributed by atoms with Crippen molar-refractivity contribution in [1.82, 2.24) is 5.32 Å². The van der Waals surface area contributed by atoms with E-state index in [1.165, 1.54) is 6.08 Å². The zero-order chi connectivity index (χ0) is 12.8. The van der Waals surface area contributed by atoms with Crippen molar-refractivity contribution >= 4 is 5.97 Å². The molecule has 0 aliphatic heterocycles. The standard InChI is InChI=1S/C7H10O2.C6H11N/c1-4-5-9-7(8)6(2)3;1-3-5-7-6-4-2/h4H,1-2,5H2,3H3;3-4,7H,1-2,5-6H2. The fourth-order valence-corrected chi connectivity index (χ4v) is 0.545. The molecule has 0 fully saturated rings. The first-order valence-corrected chi connectivity index (χ1v) is 4.96. The summed E-state index contributed by atoms with van der Waals surface area (Å²) in [6, 6.07) is 0. The number of carbonyl (C=O) groups excluding carboxylic acids is 1. The zero-order valence-electron chi connectivity index (χ0n) is 10.00. The van der Waals surface area contributed by atoms with Crippen molar-refractivity contribution in [3.63, 3.8) is 0 Å². The topological polar surface area (TPSA) is 38.3 Å². The SMILES string of the molecule is C=CCNCC=C.C=CCOC(=O)C(=C)C. The smallest absolute Gasteiger partial charge is 0.333 e. The summed E-state index contributed by atoms with van der Waals surface area (Å²) in [7, 11) is 0. The molecule has 0 heterocycles. The highest BCUT2D eigenvalue weighted by Gasteiger charge is 1.98. The molecule has 0 aromatic heterocycles. The second kappa shape index (κ2) is 13.4. The molecule has 0 saturated heterocycles. The van der Waals surface area contributed by atoms with Crippen LogP contribution in [-0.4, -0.2) is 25.7 Å². The van der Waals surface area contributed by atoms with E-state index in [-0.39, 0.29) is 12.6 Å². The summed E-state index contributed by atoms with van der Waals surface area (Å²) >= 11 is 0. The summed E-state index contributed by atoms with van der Waals surface area (Å²) in [6.07, 6.45) is 5.16. The Morgan fingerprint density at radius 3 is 2.00 bits per heavy atom. The van der Waals surface area contributed by atoms with Crippen molar-refractivity contribution in [2.24, 2.45) is 0 Å². The maximum atomic E-state index is 10.5. The summed E-state index contributed by atoms with van der Waals surface area (Å²) in [5, 5.41) is 3.05. The van der Waals surface area contributed by atoms with E-state index in [2.05, 4.69) is 36.4 Å². The van der Waals surface area contributed by atoms with Gasteiger partial charge in [0.25, 0.3) is 0 Å². The Hall–Kier alpha value is -1.61. The van der Waals surface area contributed by atoms with Gasteiger partial charge in [0.15, 0.2) is 0 Å². The number of hydrogen-bond donors (Lipinski definition) is 1. The molecule has 3 nitrogen and oxygen atoms in total. The molecule has 0 bridgehead atoms. The number of ether oxygens (including phenoxy) is 1. The zero-order valence-corrected chi connectivity index (χ0v) is 10.00. The van der Waals surface area contributed by atoms with Gasteiger partial charge < -0.3 is 10.1 Å². The van der Waals surface area contributed by atoms with E-state index in [1.54, 1.807) is 6.92 Å². The first kappa shape index (κ1) is 16.8. The van der Waals surface area contributed by atoms with Crippen LogP contribution < -0.4 is 5.32 Å². The van der Waals surface area contributed by atoms with Gasteiger partial charge in [0.05, 0.1) is 0 Å². The summed E-state index contributed by atoms with van der Waals surface area (Å²) in [4.78, 5) is 10.5. The molecule has 3 heteroatoms. The Morgan fingerprint density at radius 2 is 1.69 bits per heavy atom. The van der Waals surface area contributed by atoms with Gasteiger partial charge in [0, 0.05) is 18.7 Å². The Kier molecular flexibility index (Phi) is 14.1. The van der Waals surface area contributed by atoms with Gasteiger partial charge in [-0.05, 0) is 6.92 Å². The van der Waals surface area contributed by atoms with E-state index >= 15 is 0 Å². The van der Waals surface area contributed by atoms with Crippen LogP contribution in [0.15, 0.2) is 50.1 Å². The largest absolute Gasteiger partial charge is 0.458 e. The fraction of sp³-hybridized carbons (Fsp3) is 0.308. The van der Waals surface area contributed by atoms with Crippen molar-refractivity contribution in [1.29, 1.82) is 0 Å². The molecule has 0 aromatic carbocycles. The molecule has 0 aliphatic rings. The van der Waals surface area contributed by atoms with Crippen molar-refractivity contribution in [3.8, 4) is 0 Å². The Balaban J connectivity index is 0. The number of esters is 1. The van der Waals surface area contributed by atoms with Gasteiger partial charge in [-0.3, -0.25) is 0 Å². The van der Waals surface area contributed by atoms with E-state index in [0.717, 1.165) is 13.1 Å². The van der Waals surface area contributed by atoms with Crippen LogP contribution in [0.1, 0.15) is 6.92 Å². The van der Waals surface area contributed by atoms with Crippen molar-refractivity contribution < 1.29 is 9.53 Å². The van der Waals surface area contributed by atoms with Crippen LogP contribution in [-0.2, 0) is 9.53 Å². The van der Waals surface area contributed by atoms with E-state index in [1.807, 2.05) is 12.2 Å². The Morgan fingerprint density at radius 1 is 1.19 bits per heavy atom. The van der Waals surface area contributed by atoms with Gasteiger partial charge in [0.1, 0.15) is 6.61 Å². The Labute approximate surface area is 98.2 Å². The minimum absolute atomic E-state index is 0.256. The molecular weight excluding hydrogens is 202 g/mol. The minimum Gasteiger partial charge on any atom is -0.458 e. The summed E-state index contributed by atoms with van der Waals surface area (Å²) in [5.74, 6) is -0.366. The maximum Gasteiger partial charge on any atom is 0.333 e. The first-order valence-electron chi connectivity index (χ1n) is 4.96. The highest BCUT2D eigenvalue weighted by molar-refractivity contribution is 5.86.